The van der Waals surface area contributed by atoms with Crippen LogP contribution in [-0.4, -0.2) is 11.8 Å². The third-order valence-electron chi connectivity index (χ3n) is 2.73. The normalized spacial score (nSPS) is 12.8. The van der Waals surface area contributed by atoms with Gasteiger partial charge in [-0.05, 0) is 12.1 Å². The van der Waals surface area contributed by atoms with Crippen LogP contribution >= 0.6 is 23.2 Å². The monoisotopic (exact) mass is 300 g/mol. The lowest BCUT2D eigenvalue weighted by Gasteiger charge is -2.09. The number of rotatable bonds is 1. The minimum atomic E-state index is -0.701. The maximum Gasteiger partial charge on any atom is 0.231 e. The third kappa shape index (κ3) is 1.86. The van der Waals surface area contributed by atoms with Crippen molar-refractivity contribution in [1.29, 1.82) is 0 Å². The highest BCUT2D eigenvalue weighted by Crippen LogP contribution is 2.46. The molecular formula is C12H7Cl2FN2O2. The van der Waals surface area contributed by atoms with Crippen LogP contribution in [0.4, 0.5) is 10.1 Å². The molecule has 0 saturated heterocycles. The first kappa shape index (κ1) is 12.3. The summed E-state index contributed by atoms with van der Waals surface area (Å²) < 4.78 is 24.6. The lowest BCUT2D eigenvalue weighted by atomic mass is 10.1. The fourth-order valence-electron chi connectivity index (χ4n) is 1.82. The van der Waals surface area contributed by atoms with Crippen LogP contribution in [0.25, 0.3) is 11.3 Å². The van der Waals surface area contributed by atoms with E-state index in [1.807, 2.05) is 0 Å². The smallest absolute Gasteiger partial charge is 0.231 e. The molecule has 0 unspecified atom stereocenters. The van der Waals surface area contributed by atoms with Gasteiger partial charge >= 0.3 is 0 Å². The van der Waals surface area contributed by atoms with Crippen LogP contribution in [0.2, 0.25) is 10.0 Å². The predicted molar refractivity (Wildman–Crippen MR) is 70.2 cm³/mol. The van der Waals surface area contributed by atoms with Gasteiger partial charge in [0.1, 0.15) is 5.69 Å². The van der Waals surface area contributed by atoms with E-state index in [9.17, 15) is 4.39 Å². The maximum absolute atomic E-state index is 14.1. The predicted octanol–water partition coefficient (Wildman–Crippen LogP) is 3.51. The Morgan fingerprint density at radius 2 is 1.89 bits per heavy atom. The van der Waals surface area contributed by atoms with Crippen molar-refractivity contribution in [1.82, 2.24) is 4.98 Å². The van der Waals surface area contributed by atoms with Crippen LogP contribution in [-0.2, 0) is 0 Å². The van der Waals surface area contributed by atoms with Gasteiger partial charge in [-0.15, -0.1) is 0 Å². The van der Waals surface area contributed by atoms with Gasteiger partial charge < -0.3 is 15.2 Å². The van der Waals surface area contributed by atoms with E-state index in [1.165, 1.54) is 6.20 Å². The van der Waals surface area contributed by atoms with Crippen molar-refractivity contribution in [3.05, 3.63) is 34.2 Å². The Labute approximate surface area is 117 Å². The van der Waals surface area contributed by atoms with Crippen molar-refractivity contribution >= 4 is 28.9 Å². The zero-order valence-corrected chi connectivity index (χ0v) is 10.9. The van der Waals surface area contributed by atoms with E-state index in [0.717, 1.165) is 0 Å². The van der Waals surface area contributed by atoms with Crippen LogP contribution in [0.3, 0.4) is 0 Å². The van der Waals surface area contributed by atoms with E-state index in [0.29, 0.717) is 22.1 Å². The van der Waals surface area contributed by atoms with Crippen LogP contribution in [0.5, 0.6) is 11.5 Å². The zero-order valence-electron chi connectivity index (χ0n) is 9.41. The Morgan fingerprint density at radius 1 is 1.16 bits per heavy atom. The Hall–Kier alpha value is -1.72. The maximum atomic E-state index is 14.1. The molecule has 98 valence electrons. The highest BCUT2D eigenvalue weighted by molar-refractivity contribution is 6.33. The van der Waals surface area contributed by atoms with Crippen molar-refractivity contribution in [2.24, 2.45) is 0 Å². The van der Waals surface area contributed by atoms with Crippen molar-refractivity contribution in [3.63, 3.8) is 0 Å². The lowest BCUT2D eigenvalue weighted by Crippen LogP contribution is -1.99. The molecule has 0 fully saturated rings. The summed E-state index contributed by atoms with van der Waals surface area (Å²) in [5.41, 5.74) is 5.85. The van der Waals surface area contributed by atoms with Crippen LogP contribution in [0.15, 0.2) is 18.3 Å². The first-order chi connectivity index (χ1) is 9.09. The summed E-state index contributed by atoms with van der Waals surface area (Å²) in [7, 11) is 0. The van der Waals surface area contributed by atoms with Crippen molar-refractivity contribution in [3.8, 4) is 22.8 Å². The molecule has 0 amide bonds. The van der Waals surface area contributed by atoms with Crippen molar-refractivity contribution in [2.45, 2.75) is 0 Å². The molecule has 0 radical (unpaired) electrons. The average molecular weight is 301 g/mol. The SMILES string of the molecule is Nc1c(Cl)cnc(-c2ccc(Cl)c3c2OCO3)c1F. The molecule has 0 spiro atoms. The number of anilines is 1. The van der Waals surface area contributed by atoms with Gasteiger partial charge in [0.15, 0.2) is 17.3 Å². The van der Waals surface area contributed by atoms with Crippen LogP contribution < -0.4 is 15.2 Å². The van der Waals surface area contributed by atoms with Crippen molar-refractivity contribution < 1.29 is 13.9 Å². The van der Waals surface area contributed by atoms with Gasteiger partial charge in [-0.2, -0.15) is 0 Å². The average Bonchev–Trinajstić information content (AvgIpc) is 2.88. The molecule has 2 heterocycles. The number of benzene rings is 1. The summed E-state index contributed by atoms with van der Waals surface area (Å²) in [6.07, 6.45) is 1.28. The standard InChI is InChI=1S/C12H7Cl2FN2O2/c13-6-2-1-5(11-12(6)19-4-18-11)10-8(15)9(16)7(14)3-17-10/h1-3H,4H2,(H2,16,17). The second kappa shape index (κ2) is 4.43. The molecule has 1 aliphatic heterocycles. The molecule has 1 aromatic heterocycles. The molecule has 4 nitrogen and oxygen atoms in total. The Kier molecular flexibility index (Phi) is 2.88. The van der Waals surface area contributed by atoms with Crippen LogP contribution in [0.1, 0.15) is 0 Å². The molecule has 0 saturated carbocycles. The quantitative estimate of drug-likeness (QED) is 0.875. The molecule has 2 N–H and O–H groups in total. The Balaban J connectivity index is 2.24. The molecule has 0 aliphatic carbocycles. The first-order valence-corrected chi connectivity index (χ1v) is 6.03. The molecule has 0 bridgehead atoms. The van der Waals surface area contributed by atoms with Gasteiger partial charge in [0.2, 0.25) is 6.79 Å². The van der Waals surface area contributed by atoms with Crippen molar-refractivity contribution in [2.75, 3.05) is 12.5 Å². The highest BCUT2D eigenvalue weighted by Gasteiger charge is 2.25. The molecule has 2 aromatic rings. The number of hydrogen-bond acceptors (Lipinski definition) is 4. The van der Waals surface area contributed by atoms with E-state index in [-0.39, 0.29) is 23.2 Å². The van der Waals surface area contributed by atoms with Crippen LogP contribution in [0, 0.1) is 5.82 Å². The minimum absolute atomic E-state index is 0.0246. The first-order valence-electron chi connectivity index (χ1n) is 5.27. The van der Waals surface area contributed by atoms with Gasteiger partial charge in [-0.3, -0.25) is 4.98 Å². The Morgan fingerprint density at radius 3 is 2.68 bits per heavy atom. The molecule has 19 heavy (non-hydrogen) atoms. The number of nitrogens with zero attached hydrogens (tertiary/aromatic N) is 1. The number of nitrogen functional groups attached to an aromatic ring is 1. The second-order valence-electron chi connectivity index (χ2n) is 3.84. The summed E-state index contributed by atoms with van der Waals surface area (Å²) in [5, 5.41) is 0.447. The number of halogens is 3. The molecule has 7 heteroatoms. The fourth-order valence-corrected chi connectivity index (χ4v) is 2.15. The highest BCUT2D eigenvalue weighted by atomic mass is 35.5. The summed E-state index contributed by atoms with van der Waals surface area (Å²) in [6.45, 7) is 0.0246. The number of hydrogen-bond donors (Lipinski definition) is 1. The van der Waals surface area contributed by atoms with E-state index < -0.39 is 5.82 Å². The van der Waals surface area contributed by atoms with E-state index in [2.05, 4.69) is 4.98 Å². The number of pyridine rings is 1. The second-order valence-corrected chi connectivity index (χ2v) is 4.66. The van der Waals surface area contributed by atoms with Gasteiger partial charge in [0.25, 0.3) is 0 Å². The molecule has 0 atom stereocenters. The molecule has 3 rings (SSSR count). The van der Waals surface area contributed by atoms with Gasteiger partial charge in [0.05, 0.1) is 15.7 Å². The molecule has 1 aromatic carbocycles. The molecular weight excluding hydrogens is 294 g/mol. The number of fused-ring (bicyclic) bond motifs is 1. The van der Waals surface area contributed by atoms with Gasteiger partial charge in [0, 0.05) is 11.8 Å². The Bertz CT molecular complexity index is 679. The molecule has 1 aliphatic rings. The van der Waals surface area contributed by atoms with Gasteiger partial charge in [-0.25, -0.2) is 4.39 Å². The lowest BCUT2D eigenvalue weighted by molar-refractivity contribution is 0.174. The number of aromatic nitrogens is 1. The number of nitrogens with two attached hydrogens (primary N) is 1. The summed E-state index contributed by atoms with van der Waals surface area (Å²) in [4.78, 5) is 3.95. The van der Waals surface area contributed by atoms with E-state index in [4.69, 9.17) is 38.4 Å². The van der Waals surface area contributed by atoms with E-state index in [1.54, 1.807) is 12.1 Å². The fraction of sp³-hybridized carbons (Fsp3) is 0.0833. The summed E-state index contributed by atoms with van der Waals surface area (Å²) in [5.74, 6) is 0.0158. The topological polar surface area (TPSA) is 57.4 Å². The summed E-state index contributed by atoms with van der Waals surface area (Å²) in [6, 6.07) is 3.17. The zero-order chi connectivity index (χ0) is 13.6. The largest absolute Gasteiger partial charge is 0.453 e. The van der Waals surface area contributed by atoms with E-state index >= 15 is 0 Å². The van der Waals surface area contributed by atoms with Gasteiger partial charge in [-0.1, -0.05) is 23.2 Å². The minimum Gasteiger partial charge on any atom is -0.453 e. The third-order valence-corrected chi connectivity index (χ3v) is 3.33. The summed E-state index contributed by atoms with van der Waals surface area (Å²) >= 11 is 11.7. The number of ether oxygens (including phenoxy) is 2.